The predicted molar refractivity (Wildman–Crippen MR) is 60.5 cm³/mol. The van der Waals surface area contributed by atoms with Crippen LogP contribution in [0.2, 0.25) is 0 Å². The lowest BCUT2D eigenvalue weighted by molar-refractivity contribution is -0.120. The summed E-state index contributed by atoms with van der Waals surface area (Å²) in [5, 5.41) is 11.3. The summed E-state index contributed by atoms with van der Waals surface area (Å²) >= 11 is 5.70. The lowest BCUT2D eigenvalue weighted by atomic mass is 10.4. The van der Waals surface area contributed by atoms with E-state index in [0.717, 1.165) is 17.9 Å². The van der Waals surface area contributed by atoms with Crippen molar-refractivity contribution in [1.29, 1.82) is 0 Å². The molecule has 0 aromatic rings. The van der Waals surface area contributed by atoms with Gasteiger partial charge >= 0.3 is 0 Å². The number of rotatable bonds is 8. The average Bonchev–Trinajstić information content (AvgIpc) is 2.11. The van der Waals surface area contributed by atoms with Crippen molar-refractivity contribution in [3.63, 3.8) is 0 Å². The molecule has 0 fully saturated rings. The molecule has 0 aromatic heterocycles. The summed E-state index contributed by atoms with van der Waals surface area (Å²) in [6.07, 6.45) is 1.32. The molecule has 0 saturated heterocycles. The van der Waals surface area contributed by atoms with E-state index in [1.807, 2.05) is 0 Å². The third kappa shape index (κ3) is 10.0. The average molecular weight is 223 g/mol. The standard InChI is InChI=1S/C8H17NO2S2/c10-4-1-6-13-7-3-9-8(11)2-5-12/h10,12H,1-7H2,(H,9,11). The maximum atomic E-state index is 10.9. The van der Waals surface area contributed by atoms with E-state index in [4.69, 9.17) is 5.11 Å². The van der Waals surface area contributed by atoms with Crippen molar-refractivity contribution >= 4 is 30.3 Å². The highest BCUT2D eigenvalue weighted by Crippen LogP contribution is 1.99. The van der Waals surface area contributed by atoms with Crippen molar-refractivity contribution in [3.05, 3.63) is 0 Å². The molecule has 0 rings (SSSR count). The van der Waals surface area contributed by atoms with Crippen LogP contribution in [0.1, 0.15) is 12.8 Å². The zero-order chi connectivity index (χ0) is 9.94. The molecule has 0 aliphatic carbocycles. The second kappa shape index (κ2) is 10.2. The monoisotopic (exact) mass is 223 g/mol. The molecule has 5 heteroatoms. The first-order valence-electron chi connectivity index (χ1n) is 4.37. The number of aliphatic hydroxyl groups excluding tert-OH is 1. The lowest BCUT2D eigenvalue weighted by Crippen LogP contribution is -2.25. The van der Waals surface area contributed by atoms with E-state index in [9.17, 15) is 4.79 Å². The van der Waals surface area contributed by atoms with Gasteiger partial charge in [0.2, 0.25) is 5.91 Å². The Labute approximate surface area is 89.1 Å². The summed E-state index contributed by atoms with van der Waals surface area (Å²) in [5.41, 5.74) is 0. The first-order valence-corrected chi connectivity index (χ1v) is 6.16. The molecule has 0 unspecified atom stereocenters. The number of aliphatic hydroxyl groups is 1. The largest absolute Gasteiger partial charge is 0.396 e. The molecular weight excluding hydrogens is 206 g/mol. The first-order chi connectivity index (χ1) is 6.31. The normalized spacial score (nSPS) is 10.0. The molecule has 78 valence electrons. The summed E-state index contributed by atoms with van der Waals surface area (Å²) < 4.78 is 0. The van der Waals surface area contributed by atoms with Gasteiger partial charge in [-0.1, -0.05) is 0 Å². The van der Waals surface area contributed by atoms with Gasteiger partial charge in [-0.3, -0.25) is 4.79 Å². The third-order valence-corrected chi connectivity index (χ3v) is 2.65. The Morgan fingerprint density at radius 1 is 1.46 bits per heavy atom. The van der Waals surface area contributed by atoms with E-state index >= 15 is 0 Å². The van der Waals surface area contributed by atoms with Crippen LogP contribution in [0.4, 0.5) is 0 Å². The van der Waals surface area contributed by atoms with Crippen LogP contribution < -0.4 is 5.32 Å². The molecular formula is C8H17NO2S2. The number of thiol groups is 1. The van der Waals surface area contributed by atoms with E-state index in [-0.39, 0.29) is 12.5 Å². The van der Waals surface area contributed by atoms with Crippen LogP contribution in [-0.4, -0.2) is 41.4 Å². The van der Waals surface area contributed by atoms with Crippen LogP contribution >= 0.6 is 24.4 Å². The van der Waals surface area contributed by atoms with Crippen molar-refractivity contribution in [2.45, 2.75) is 12.8 Å². The number of amides is 1. The fourth-order valence-electron chi connectivity index (χ4n) is 0.721. The van der Waals surface area contributed by atoms with Gasteiger partial charge in [0.15, 0.2) is 0 Å². The van der Waals surface area contributed by atoms with Gasteiger partial charge in [0, 0.05) is 25.3 Å². The highest BCUT2D eigenvalue weighted by atomic mass is 32.2. The number of carbonyl (C=O) groups is 1. The lowest BCUT2D eigenvalue weighted by Gasteiger charge is -2.03. The van der Waals surface area contributed by atoms with Gasteiger partial charge in [-0.05, 0) is 17.9 Å². The Morgan fingerprint density at radius 3 is 2.85 bits per heavy atom. The van der Waals surface area contributed by atoms with Crippen LogP contribution in [-0.2, 0) is 4.79 Å². The minimum Gasteiger partial charge on any atom is -0.396 e. The van der Waals surface area contributed by atoms with E-state index in [0.29, 0.717) is 18.7 Å². The molecule has 2 N–H and O–H groups in total. The molecule has 0 aromatic carbocycles. The van der Waals surface area contributed by atoms with E-state index in [2.05, 4.69) is 17.9 Å². The Bertz CT molecular complexity index is 133. The fraction of sp³-hybridized carbons (Fsp3) is 0.875. The van der Waals surface area contributed by atoms with Crippen LogP contribution in [0.3, 0.4) is 0 Å². The Kier molecular flexibility index (Phi) is 10.3. The van der Waals surface area contributed by atoms with Crippen molar-refractivity contribution in [2.75, 3.05) is 30.4 Å². The van der Waals surface area contributed by atoms with Crippen molar-refractivity contribution in [1.82, 2.24) is 5.32 Å². The SMILES string of the molecule is O=C(CCS)NCCSCCCO. The van der Waals surface area contributed by atoms with Gasteiger partial charge < -0.3 is 10.4 Å². The summed E-state index contributed by atoms with van der Waals surface area (Å²) in [7, 11) is 0. The molecule has 3 nitrogen and oxygen atoms in total. The van der Waals surface area contributed by atoms with Gasteiger partial charge in [-0.2, -0.15) is 24.4 Å². The maximum Gasteiger partial charge on any atom is 0.220 e. The highest BCUT2D eigenvalue weighted by Gasteiger charge is 1.97. The summed E-state index contributed by atoms with van der Waals surface area (Å²) in [6.45, 7) is 0.960. The molecule has 0 radical (unpaired) electrons. The molecule has 0 saturated carbocycles. The highest BCUT2D eigenvalue weighted by molar-refractivity contribution is 7.99. The summed E-state index contributed by atoms with van der Waals surface area (Å²) in [4.78, 5) is 10.9. The number of nitrogens with one attached hydrogen (secondary N) is 1. The van der Waals surface area contributed by atoms with E-state index in [1.54, 1.807) is 11.8 Å². The van der Waals surface area contributed by atoms with Crippen LogP contribution in [0.25, 0.3) is 0 Å². The minimum absolute atomic E-state index is 0.0674. The van der Waals surface area contributed by atoms with Crippen molar-refractivity contribution < 1.29 is 9.90 Å². The van der Waals surface area contributed by atoms with Crippen molar-refractivity contribution in [3.8, 4) is 0 Å². The van der Waals surface area contributed by atoms with Crippen molar-refractivity contribution in [2.24, 2.45) is 0 Å². The molecule has 0 spiro atoms. The fourth-order valence-corrected chi connectivity index (χ4v) is 1.71. The van der Waals surface area contributed by atoms with Crippen LogP contribution in [0, 0.1) is 0 Å². The molecule has 0 aliphatic rings. The minimum atomic E-state index is 0.0674. The van der Waals surface area contributed by atoms with E-state index in [1.165, 1.54) is 0 Å². The number of carbonyl (C=O) groups excluding carboxylic acids is 1. The zero-order valence-corrected chi connectivity index (χ0v) is 9.37. The quantitative estimate of drug-likeness (QED) is 0.416. The Hall–Kier alpha value is 0.130. The zero-order valence-electron chi connectivity index (χ0n) is 7.66. The summed E-state index contributed by atoms with van der Waals surface area (Å²) in [6, 6.07) is 0. The van der Waals surface area contributed by atoms with Gasteiger partial charge in [0.25, 0.3) is 0 Å². The number of thioether (sulfide) groups is 1. The second-order valence-corrected chi connectivity index (χ2v) is 4.19. The van der Waals surface area contributed by atoms with Gasteiger partial charge in [0.1, 0.15) is 0 Å². The summed E-state index contributed by atoms with van der Waals surface area (Å²) in [5.74, 6) is 2.54. The number of hydrogen-bond donors (Lipinski definition) is 3. The molecule has 0 bridgehead atoms. The maximum absolute atomic E-state index is 10.9. The Balaban J connectivity index is 3.02. The smallest absolute Gasteiger partial charge is 0.220 e. The third-order valence-electron chi connectivity index (χ3n) is 1.35. The molecule has 0 aliphatic heterocycles. The predicted octanol–water partition coefficient (Wildman–Crippen LogP) is 0.538. The van der Waals surface area contributed by atoms with Gasteiger partial charge in [-0.15, -0.1) is 0 Å². The van der Waals surface area contributed by atoms with Crippen LogP contribution in [0.15, 0.2) is 0 Å². The molecule has 0 atom stereocenters. The molecule has 13 heavy (non-hydrogen) atoms. The first kappa shape index (κ1) is 13.1. The van der Waals surface area contributed by atoms with Crippen LogP contribution in [0.5, 0.6) is 0 Å². The molecule has 0 heterocycles. The van der Waals surface area contributed by atoms with Gasteiger partial charge in [-0.25, -0.2) is 0 Å². The molecule has 1 amide bonds. The number of hydrogen-bond acceptors (Lipinski definition) is 4. The van der Waals surface area contributed by atoms with Gasteiger partial charge in [0.05, 0.1) is 0 Å². The second-order valence-electron chi connectivity index (χ2n) is 2.51. The van der Waals surface area contributed by atoms with E-state index < -0.39 is 0 Å². The topological polar surface area (TPSA) is 49.3 Å². The Morgan fingerprint density at radius 2 is 2.23 bits per heavy atom.